The van der Waals surface area contributed by atoms with Gasteiger partial charge in [0, 0.05) is 0 Å². The van der Waals surface area contributed by atoms with Crippen LogP contribution in [-0.4, -0.2) is 24.9 Å². The lowest BCUT2D eigenvalue weighted by Gasteiger charge is -2.26. The van der Waals surface area contributed by atoms with Crippen LogP contribution in [0.25, 0.3) is 0 Å². The number of hydrogen-bond acceptors (Lipinski definition) is 2. The zero-order chi connectivity index (χ0) is 9.84. The van der Waals surface area contributed by atoms with E-state index in [1.807, 2.05) is 0 Å². The van der Waals surface area contributed by atoms with Crippen molar-refractivity contribution in [2.45, 2.75) is 38.5 Å². The number of esters is 1. The van der Waals surface area contributed by atoms with E-state index in [-0.39, 0.29) is 13.0 Å². The average molecular weight is 192 g/mol. The van der Waals surface area contributed by atoms with Gasteiger partial charge in [-0.25, -0.2) is 8.78 Å². The van der Waals surface area contributed by atoms with Crippen molar-refractivity contribution in [3.8, 4) is 0 Å². The van der Waals surface area contributed by atoms with Gasteiger partial charge in [0.1, 0.15) is 12.3 Å². The third-order valence-corrected chi connectivity index (χ3v) is 2.31. The van der Waals surface area contributed by atoms with Crippen LogP contribution in [0.4, 0.5) is 8.78 Å². The molecule has 0 aromatic carbocycles. The molecule has 4 heteroatoms. The predicted octanol–water partition coefficient (Wildman–Crippen LogP) is 2.03. The molecule has 3 atom stereocenters. The van der Waals surface area contributed by atoms with Crippen molar-refractivity contribution >= 4 is 5.97 Å². The van der Waals surface area contributed by atoms with Gasteiger partial charge in [0.25, 0.3) is 0 Å². The Morgan fingerprint density at radius 1 is 1.46 bits per heavy atom. The molecule has 0 spiro atoms. The van der Waals surface area contributed by atoms with Crippen LogP contribution < -0.4 is 0 Å². The molecular weight excluding hydrogens is 178 g/mol. The fraction of sp³-hybridized carbons (Fsp3) is 0.889. The van der Waals surface area contributed by atoms with Crippen molar-refractivity contribution in [1.29, 1.82) is 0 Å². The minimum Gasteiger partial charge on any atom is -0.466 e. The van der Waals surface area contributed by atoms with Gasteiger partial charge < -0.3 is 4.74 Å². The van der Waals surface area contributed by atoms with Crippen LogP contribution in [0.2, 0.25) is 0 Å². The fourth-order valence-corrected chi connectivity index (χ4v) is 1.60. The first-order valence-electron chi connectivity index (χ1n) is 4.61. The summed E-state index contributed by atoms with van der Waals surface area (Å²) in [5.74, 6) is -1.49. The van der Waals surface area contributed by atoms with Crippen molar-refractivity contribution in [2.75, 3.05) is 6.61 Å². The van der Waals surface area contributed by atoms with Crippen LogP contribution in [0.15, 0.2) is 0 Å². The van der Waals surface area contributed by atoms with Crippen LogP contribution in [0, 0.1) is 5.92 Å². The molecule has 0 heterocycles. The lowest BCUT2D eigenvalue weighted by molar-refractivity contribution is -0.153. The number of carbonyl (C=O) groups excluding carboxylic acids is 1. The van der Waals surface area contributed by atoms with Crippen LogP contribution in [0.3, 0.4) is 0 Å². The Hall–Kier alpha value is -0.670. The van der Waals surface area contributed by atoms with E-state index < -0.39 is 24.2 Å². The molecule has 1 saturated carbocycles. The first kappa shape index (κ1) is 10.4. The second-order valence-electron chi connectivity index (χ2n) is 3.25. The van der Waals surface area contributed by atoms with Gasteiger partial charge >= 0.3 is 5.97 Å². The summed E-state index contributed by atoms with van der Waals surface area (Å²) in [5.41, 5.74) is 0. The third kappa shape index (κ3) is 2.39. The first-order valence-corrected chi connectivity index (χ1v) is 4.61. The number of hydrogen-bond donors (Lipinski definition) is 0. The maximum Gasteiger partial charge on any atom is 0.311 e. The molecule has 3 unspecified atom stereocenters. The second-order valence-corrected chi connectivity index (χ2v) is 3.25. The van der Waals surface area contributed by atoms with E-state index in [2.05, 4.69) is 4.74 Å². The largest absolute Gasteiger partial charge is 0.466 e. The Kier molecular flexibility index (Phi) is 3.63. The quantitative estimate of drug-likeness (QED) is 0.626. The maximum absolute atomic E-state index is 13.1. The van der Waals surface area contributed by atoms with Gasteiger partial charge in [0.05, 0.1) is 12.5 Å². The van der Waals surface area contributed by atoms with E-state index in [0.717, 1.165) is 0 Å². The number of alkyl halides is 2. The van der Waals surface area contributed by atoms with E-state index in [4.69, 9.17) is 0 Å². The molecule has 1 rings (SSSR count). The van der Waals surface area contributed by atoms with Gasteiger partial charge in [0.15, 0.2) is 0 Å². The monoisotopic (exact) mass is 192 g/mol. The molecule has 76 valence electrons. The Bertz CT molecular complexity index is 184. The molecule has 0 aromatic heterocycles. The van der Waals surface area contributed by atoms with E-state index in [0.29, 0.717) is 12.8 Å². The maximum atomic E-state index is 13.1. The molecular formula is C9H14F2O2. The molecule has 1 fully saturated rings. The Balaban J connectivity index is 2.52. The number of ether oxygens (including phenoxy) is 1. The molecule has 0 radical (unpaired) electrons. The molecule has 0 aromatic rings. The molecule has 13 heavy (non-hydrogen) atoms. The Labute approximate surface area is 76.3 Å². The van der Waals surface area contributed by atoms with Gasteiger partial charge in [-0.1, -0.05) is 0 Å². The fourth-order valence-electron chi connectivity index (χ4n) is 1.60. The van der Waals surface area contributed by atoms with Gasteiger partial charge in [-0.2, -0.15) is 0 Å². The van der Waals surface area contributed by atoms with E-state index in [1.54, 1.807) is 6.92 Å². The van der Waals surface area contributed by atoms with Crippen LogP contribution in [-0.2, 0) is 9.53 Å². The highest BCUT2D eigenvalue weighted by atomic mass is 19.2. The highest BCUT2D eigenvalue weighted by Gasteiger charge is 2.38. The summed E-state index contributed by atoms with van der Waals surface area (Å²) in [6.45, 7) is 1.87. The van der Waals surface area contributed by atoms with Gasteiger partial charge in [-0.05, 0) is 26.2 Å². The molecule has 0 aliphatic heterocycles. The third-order valence-electron chi connectivity index (χ3n) is 2.31. The van der Waals surface area contributed by atoms with E-state index in [1.165, 1.54) is 0 Å². The second kappa shape index (κ2) is 4.53. The summed E-state index contributed by atoms with van der Waals surface area (Å²) in [6, 6.07) is 0. The lowest BCUT2D eigenvalue weighted by Crippen LogP contribution is -2.37. The predicted molar refractivity (Wildman–Crippen MR) is 43.8 cm³/mol. The number of halogens is 2. The highest BCUT2D eigenvalue weighted by Crippen LogP contribution is 2.30. The Morgan fingerprint density at radius 3 is 2.77 bits per heavy atom. The standard InChI is InChI=1S/C9H14F2O2/c1-2-13-9(12)6-4-3-5-7(10)8(6)11/h6-8H,2-5H2,1H3. The van der Waals surface area contributed by atoms with Crippen molar-refractivity contribution in [1.82, 2.24) is 0 Å². The van der Waals surface area contributed by atoms with Crippen molar-refractivity contribution in [2.24, 2.45) is 5.92 Å². The minimum atomic E-state index is -1.67. The lowest BCUT2D eigenvalue weighted by atomic mass is 9.86. The first-order chi connectivity index (χ1) is 6.16. The topological polar surface area (TPSA) is 26.3 Å². The summed E-state index contributed by atoms with van der Waals surface area (Å²) >= 11 is 0. The smallest absolute Gasteiger partial charge is 0.311 e. The van der Waals surface area contributed by atoms with Crippen LogP contribution >= 0.6 is 0 Å². The molecule has 1 aliphatic rings. The zero-order valence-electron chi connectivity index (χ0n) is 7.63. The van der Waals surface area contributed by atoms with Gasteiger partial charge in [-0.15, -0.1) is 0 Å². The molecule has 0 saturated heterocycles. The van der Waals surface area contributed by atoms with Crippen molar-refractivity contribution in [3.05, 3.63) is 0 Å². The summed E-state index contributed by atoms with van der Waals surface area (Å²) in [4.78, 5) is 11.1. The van der Waals surface area contributed by atoms with E-state index in [9.17, 15) is 13.6 Å². The normalized spacial score (nSPS) is 34.2. The Morgan fingerprint density at radius 2 is 2.15 bits per heavy atom. The van der Waals surface area contributed by atoms with E-state index >= 15 is 0 Å². The van der Waals surface area contributed by atoms with Gasteiger partial charge in [0.2, 0.25) is 0 Å². The zero-order valence-corrected chi connectivity index (χ0v) is 7.63. The van der Waals surface area contributed by atoms with Crippen molar-refractivity contribution < 1.29 is 18.3 Å². The van der Waals surface area contributed by atoms with Crippen molar-refractivity contribution in [3.63, 3.8) is 0 Å². The summed E-state index contributed by atoms with van der Waals surface area (Å²) in [5, 5.41) is 0. The summed E-state index contributed by atoms with van der Waals surface area (Å²) < 4.78 is 30.6. The summed E-state index contributed by atoms with van der Waals surface area (Å²) in [7, 11) is 0. The summed E-state index contributed by atoms with van der Waals surface area (Å²) in [6.07, 6.45) is -1.99. The highest BCUT2D eigenvalue weighted by molar-refractivity contribution is 5.73. The SMILES string of the molecule is CCOC(=O)C1CCCC(F)C1F. The van der Waals surface area contributed by atoms with Crippen LogP contribution in [0.1, 0.15) is 26.2 Å². The molecule has 0 amide bonds. The number of carbonyl (C=O) groups is 1. The molecule has 1 aliphatic carbocycles. The molecule has 0 bridgehead atoms. The molecule has 2 nitrogen and oxygen atoms in total. The minimum absolute atomic E-state index is 0.219. The number of rotatable bonds is 2. The average Bonchev–Trinajstić information content (AvgIpc) is 2.10. The molecule has 0 N–H and O–H groups in total. The van der Waals surface area contributed by atoms with Gasteiger partial charge in [-0.3, -0.25) is 4.79 Å². The van der Waals surface area contributed by atoms with Crippen LogP contribution in [0.5, 0.6) is 0 Å².